The van der Waals surface area contributed by atoms with Crippen LogP contribution in [0.5, 0.6) is 0 Å². The van der Waals surface area contributed by atoms with E-state index in [4.69, 9.17) is 0 Å². The van der Waals surface area contributed by atoms with Gasteiger partial charge in [-0.15, -0.1) is 0 Å². The summed E-state index contributed by atoms with van der Waals surface area (Å²) in [5.74, 6) is -0.408. The lowest BCUT2D eigenvalue weighted by atomic mass is 10.0. The largest absolute Gasteiger partial charge is 0.433 e. The van der Waals surface area contributed by atoms with Crippen LogP contribution in [0.1, 0.15) is 23.0 Å². The molecule has 0 aliphatic rings. The summed E-state index contributed by atoms with van der Waals surface area (Å²) in [6.45, 7) is 1.24. The molecular weight excluding hydrogens is 233 g/mol. The van der Waals surface area contributed by atoms with Crippen molar-refractivity contribution in [3.05, 3.63) is 29.5 Å². The zero-order chi connectivity index (χ0) is 12.8. The van der Waals surface area contributed by atoms with E-state index in [0.29, 0.717) is 0 Å². The predicted octanol–water partition coefficient (Wildman–Crippen LogP) is 2.79. The Hall–Kier alpha value is -1.85. The van der Waals surface area contributed by atoms with Gasteiger partial charge in [0.2, 0.25) is 0 Å². The second-order valence-electron chi connectivity index (χ2n) is 3.73. The summed E-state index contributed by atoms with van der Waals surface area (Å²) >= 11 is 0. The van der Waals surface area contributed by atoms with Crippen molar-refractivity contribution in [1.82, 2.24) is 9.78 Å². The van der Waals surface area contributed by atoms with Crippen LogP contribution in [0.15, 0.2) is 18.2 Å². The molecule has 0 amide bonds. The monoisotopic (exact) mass is 242 g/mol. The Morgan fingerprint density at radius 1 is 1.35 bits per heavy atom. The molecule has 0 unspecified atom stereocenters. The Morgan fingerprint density at radius 2 is 2.00 bits per heavy atom. The van der Waals surface area contributed by atoms with Gasteiger partial charge in [0.25, 0.3) is 0 Å². The molecular formula is C11H9F3N2O. The van der Waals surface area contributed by atoms with Crippen LogP contribution >= 0.6 is 0 Å². The minimum atomic E-state index is -4.53. The Labute approximate surface area is 94.8 Å². The van der Waals surface area contributed by atoms with Gasteiger partial charge in [-0.1, -0.05) is 12.1 Å². The number of nitrogens with zero attached hydrogens (tertiary/aromatic N) is 2. The topological polar surface area (TPSA) is 34.9 Å². The number of hydrogen-bond donors (Lipinski definition) is 0. The fraction of sp³-hybridized carbons (Fsp3) is 0.273. The van der Waals surface area contributed by atoms with E-state index in [1.807, 2.05) is 0 Å². The van der Waals surface area contributed by atoms with Crippen molar-refractivity contribution >= 4 is 16.7 Å². The molecule has 17 heavy (non-hydrogen) atoms. The van der Waals surface area contributed by atoms with E-state index in [-0.39, 0.29) is 16.5 Å². The van der Waals surface area contributed by atoms with Crippen LogP contribution in [-0.4, -0.2) is 15.6 Å². The number of fused-ring (bicyclic) bond motifs is 1. The molecule has 90 valence electrons. The van der Waals surface area contributed by atoms with E-state index in [9.17, 15) is 18.0 Å². The number of aromatic nitrogens is 2. The zero-order valence-electron chi connectivity index (χ0n) is 9.17. The zero-order valence-corrected chi connectivity index (χ0v) is 9.17. The maximum atomic E-state index is 12.9. The first-order chi connectivity index (χ1) is 7.82. The van der Waals surface area contributed by atoms with Gasteiger partial charge in [0, 0.05) is 18.0 Å². The Kier molecular flexibility index (Phi) is 2.45. The quantitative estimate of drug-likeness (QED) is 0.721. The molecule has 1 aromatic heterocycles. The fourth-order valence-corrected chi connectivity index (χ4v) is 1.86. The number of halogens is 3. The van der Waals surface area contributed by atoms with Crippen molar-refractivity contribution in [2.24, 2.45) is 7.05 Å². The van der Waals surface area contributed by atoms with Gasteiger partial charge in [-0.3, -0.25) is 9.48 Å². The summed E-state index contributed by atoms with van der Waals surface area (Å²) in [6.07, 6.45) is -4.53. The third-order valence-electron chi connectivity index (χ3n) is 2.51. The minimum Gasteiger partial charge on any atom is -0.294 e. The highest BCUT2D eigenvalue weighted by molar-refractivity contribution is 6.07. The van der Waals surface area contributed by atoms with Gasteiger partial charge in [0.05, 0.1) is 5.52 Å². The van der Waals surface area contributed by atoms with E-state index in [1.165, 1.54) is 32.2 Å². The van der Waals surface area contributed by atoms with Crippen molar-refractivity contribution in [3.63, 3.8) is 0 Å². The smallest absolute Gasteiger partial charge is 0.294 e. The number of aryl methyl sites for hydroxylation is 1. The van der Waals surface area contributed by atoms with Gasteiger partial charge in [-0.2, -0.15) is 18.3 Å². The van der Waals surface area contributed by atoms with Crippen molar-refractivity contribution in [3.8, 4) is 0 Å². The second-order valence-corrected chi connectivity index (χ2v) is 3.73. The number of carbonyl (C=O) groups excluding carboxylic acids is 1. The molecule has 0 atom stereocenters. The molecule has 6 heteroatoms. The number of ketones is 1. The normalized spacial score (nSPS) is 12.1. The standard InChI is InChI=1S/C11H9F3N2O/c1-6(17)7-4-3-5-8-9(7)10(11(12,13)14)16(2)15-8/h3-5H,1-2H3. The van der Waals surface area contributed by atoms with Crippen LogP contribution < -0.4 is 0 Å². The lowest BCUT2D eigenvalue weighted by Gasteiger charge is -2.08. The molecule has 0 aliphatic carbocycles. The molecule has 2 rings (SSSR count). The van der Waals surface area contributed by atoms with Crippen molar-refractivity contribution in [2.75, 3.05) is 0 Å². The summed E-state index contributed by atoms with van der Waals surface area (Å²) in [5.41, 5.74) is -0.672. The first-order valence-corrected chi connectivity index (χ1v) is 4.86. The first kappa shape index (κ1) is 11.6. The molecule has 0 saturated heterocycles. The van der Waals surface area contributed by atoms with Crippen LogP contribution in [0.3, 0.4) is 0 Å². The van der Waals surface area contributed by atoms with Crippen LogP contribution in [0.4, 0.5) is 13.2 Å². The lowest BCUT2D eigenvalue weighted by molar-refractivity contribution is -0.142. The Morgan fingerprint density at radius 3 is 2.53 bits per heavy atom. The highest BCUT2D eigenvalue weighted by Gasteiger charge is 2.38. The molecule has 0 bridgehead atoms. The van der Waals surface area contributed by atoms with E-state index < -0.39 is 17.7 Å². The van der Waals surface area contributed by atoms with Gasteiger partial charge in [-0.25, -0.2) is 0 Å². The molecule has 0 fully saturated rings. The Balaban J connectivity index is 2.92. The van der Waals surface area contributed by atoms with E-state index in [0.717, 1.165) is 4.68 Å². The maximum absolute atomic E-state index is 12.9. The summed E-state index contributed by atoms with van der Waals surface area (Å²) in [6, 6.07) is 4.35. The van der Waals surface area contributed by atoms with Gasteiger partial charge >= 0.3 is 6.18 Å². The lowest BCUT2D eigenvalue weighted by Crippen LogP contribution is -2.13. The van der Waals surface area contributed by atoms with Crippen molar-refractivity contribution in [2.45, 2.75) is 13.1 Å². The maximum Gasteiger partial charge on any atom is 0.433 e. The molecule has 0 aliphatic heterocycles. The van der Waals surface area contributed by atoms with Crippen LogP contribution in [0.2, 0.25) is 0 Å². The minimum absolute atomic E-state index is 0.0444. The third-order valence-corrected chi connectivity index (χ3v) is 2.51. The molecule has 2 aromatic rings. The van der Waals surface area contributed by atoms with Crippen LogP contribution in [0, 0.1) is 0 Å². The van der Waals surface area contributed by atoms with Gasteiger partial charge in [0.15, 0.2) is 11.5 Å². The Bertz CT molecular complexity index is 599. The van der Waals surface area contributed by atoms with Crippen LogP contribution in [0.25, 0.3) is 10.9 Å². The summed E-state index contributed by atoms with van der Waals surface area (Å²) < 4.78 is 39.4. The second kappa shape index (κ2) is 3.58. The number of hydrogen-bond acceptors (Lipinski definition) is 2. The van der Waals surface area contributed by atoms with E-state index in [1.54, 1.807) is 0 Å². The van der Waals surface area contributed by atoms with Crippen LogP contribution in [-0.2, 0) is 13.2 Å². The number of carbonyl (C=O) groups is 1. The average Bonchev–Trinajstić information content (AvgIpc) is 2.51. The molecule has 0 spiro atoms. The summed E-state index contributed by atoms with van der Waals surface area (Å²) in [4.78, 5) is 11.3. The fourth-order valence-electron chi connectivity index (χ4n) is 1.86. The number of rotatable bonds is 1. The molecule has 1 heterocycles. The third kappa shape index (κ3) is 1.79. The predicted molar refractivity (Wildman–Crippen MR) is 55.7 cm³/mol. The van der Waals surface area contributed by atoms with Gasteiger partial charge in [0.1, 0.15) is 0 Å². The SMILES string of the molecule is CC(=O)c1cccc2nn(C)c(C(F)(F)F)c12. The van der Waals surface area contributed by atoms with Gasteiger partial charge < -0.3 is 0 Å². The number of Topliss-reactive ketones (excluding diaryl/α,β-unsaturated/α-hetero) is 1. The number of benzene rings is 1. The highest BCUT2D eigenvalue weighted by atomic mass is 19.4. The van der Waals surface area contributed by atoms with E-state index >= 15 is 0 Å². The molecule has 3 nitrogen and oxygen atoms in total. The molecule has 0 N–H and O–H groups in total. The summed E-state index contributed by atoms with van der Waals surface area (Å²) in [5, 5.41) is 3.64. The average molecular weight is 242 g/mol. The van der Waals surface area contributed by atoms with E-state index in [2.05, 4.69) is 5.10 Å². The highest BCUT2D eigenvalue weighted by Crippen LogP contribution is 2.36. The van der Waals surface area contributed by atoms with Crippen molar-refractivity contribution in [1.29, 1.82) is 0 Å². The molecule has 0 radical (unpaired) electrons. The van der Waals surface area contributed by atoms with Crippen molar-refractivity contribution < 1.29 is 18.0 Å². The first-order valence-electron chi connectivity index (χ1n) is 4.86. The number of alkyl halides is 3. The summed E-state index contributed by atoms with van der Waals surface area (Å²) in [7, 11) is 1.22. The van der Waals surface area contributed by atoms with Gasteiger partial charge in [-0.05, 0) is 13.0 Å². The molecule has 1 aromatic carbocycles. The molecule has 0 saturated carbocycles.